The van der Waals surface area contributed by atoms with Crippen molar-refractivity contribution in [2.45, 2.75) is 51.7 Å². The first-order valence-electron chi connectivity index (χ1n) is 6.26. The molecule has 0 saturated carbocycles. The Hall–Kier alpha value is -1.59. The Labute approximate surface area is 111 Å². The Morgan fingerprint density at radius 3 is 2.58 bits per heavy atom. The smallest absolute Gasteiger partial charge is 0.408 e. The van der Waals surface area contributed by atoms with E-state index in [4.69, 9.17) is 9.84 Å². The number of hydrogen-bond donors (Lipinski definition) is 2. The van der Waals surface area contributed by atoms with Gasteiger partial charge >= 0.3 is 12.1 Å². The van der Waals surface area contributed by atoms with Gasteiger partial charge in [-0.2, -0.15) is 0 Å². The van der Waals surface area contributed by atoms with Gasteiger partial charge in [-0.3, -0.25) is 0 Å². The number of nitrogens with one attached hydrogen (secondary N) is 1. The molecule has 19 heavy (non-hydrogen) atoms. The van der Waals surface area contributed by atoms with Crippen molar-refractivity contribution in [2.75, 3.05) is 0 Å². The van der Waals surface area contributed by atoms with E-state index in [1.165, 1.54) is 6.08 Å². The molecule has 2 N–H and O–H groups in total. The number of amides is 1. The van der Waals surface area contributed by atoms with Crippen LogP contribution < -0.4 is 5.32 Å². The van der Waals surface area contributed by atoms with E-state index in [-0.39, 0.29) is 18.2 Å². The minimum absolute atomic E-state index is 0.213. The summed E-state index contributed by atoms with van der Waals surface area (Å²) in [5.41, 5.74) is -0.689. The van der Waals surface area contributed by atoms with Crippen molar-refractivity contribution in [1.82, 2.24) is 5.32 Å². The van der Waals surface area contributed by atoms with Gasteiger partial charge in [0, 0.05) is 0 Å². The van der Waals surface area contributed by atoms with E-state index < -0.39 is 23.7 Å². The van der Waals surface area contributed by atoms with Crippen LogP contribution in [0, 0.1) is 5.92 Å². The zero-order valence-corrected chi connectivity index (χ0v) is 11.4. The summed E-state index contributed by atoms with van der Waals surface area (Å²) in [5.74, 6) is -1.67. The Bertz CT molecular complexity index is 387. The number of rotatable bonds is 3. The van der Waals surface area contributed by atoms with Gasteiger partial charge in [-0.1, -0.05) is 6.08 Å². The summed E-state index contributed by atoms with van der Waals surface area (Å²) in [5, 5.41) is 11.5. The molecule has 1 aliphatic carbocycles. The lowest BCUT2D eigenvalue weighted by Crippen LogP contribution is -2.48. The number of hydrogen-bond acceptors (Lipinski definition) is 3. The van der Waals surface area contributed by atoms with E-state index in [1.807, 2.05) is 0 Å². The van der Waals surface area contributed by atoms with Gasteiger partial charge in [0.1, 0.15) is 11.6 Å². The number of carboxylic acid groups (broad SMARTS) is 1. The second-order valence-corrected chi connectivity index (χ2v) is 5.65. The van der Waals surface area contributed by atoms with E-state index in [0.29, 0.717) is 12.8 Å². The van der Waals surface area contributed by atoms with Crippen LogP contribution in [0.2, 0.25) is 0 Å². The van der Waals surface area contributed by atoms with Gasteiger partial charge in [0.25, 0.3) is 0 Å². The third kappa shape index (κ3) is 5.28. The molecule has 0 bridgehead atoms. The van der Waals surface area contributed by atoms with Crippen LogP contribution in [-0.4, -0.2) is 28.8 Å². The Kier molecular flexibility index (Phi) is 4.91. The Balaban J connectivity index is 2.64. The number of halogens is 1. The molecule has 0 saturated heterocycles. The lowest BCUT2D eigenvalue weighted by Gasteiger charge is -2.27. The Morgan fingerprint density at radius 1 is 1.53 bits per heavy atom. The SMILES string of the molecule is CC(C)(C)OC(=O)NC(C(=O)O)[C@H]1CC=C(F)CC1. The molecule has 0 aromatic heterocycles. The molecule has 1 aliphatic rings. The minimum Gasteiger partial charge on any atom is -0.480 e. The van der Waals surface area contributed by atoms with Gasteiger partial charge < -0.3 is 15.2 Å². The first-order chi connectivity index (χ1) is 8.69. The van der Waals surface area contributed by atoms with E-state index in [0.717, 1.165) is 0 Å². The molecule has 0 heterocycles. The monoisotopic (exact) mass is 273 g/mol. The molecular weight excluding hydrogens is 253 g/mol. The largest absolute Gasteiger partial charge is 0.480 e. The highest BCUT2D eigenvalue weighted by atomic mass is 19.1. The fraction of sp³-hybridized carbons (Fsp3) is 0.692. The zero-order chi connectivity index (χ0) is 14.6. The van der Waals surface area contributed by atoms with Crippen LogP contribution in [0.4, 0.5) is 9.18 Å². The maximum Gasteiger partial charge on any atom is 0.408 e. The van der Waals surface area contributed by atoms with Gasteiger partial charge in [-0.25, -0.2) is 14.0 Å². The highest BCUT2D eigenvalue weighted by Crippen LogP contribution is 2.27. The van der Waals surface area contributed by atoms with E-state index in [9.17, 15) is 14.0 Å². The Morgan fingerprint density at radius 2 is 2.16 bits per heavy atom. The average molecular weight is 273 g/mol. The zero-order valence-electron chi connectivity index (χ0n) is 11.4. The van der Waals surface area contributed by atoms with Crippen LogP contribution in [0.5, 0.6) is 0 Å². The predicted molar refractivity (Wildman–Crippen MR) is 67.3 cm³/mol. The molecule has 108 valence electrons. The molecule has 0 fully saturated rings. The second-order valence-electron chi connectivity index (χ2n) is 5.65. The van der Waals surface area contributed by atoms with Gasteiger partial charge in [-0.05, 0) is 46.0 Å². The second kappa shape index (κ2) is 6.04. The first-order valence-corrected chi connectivity index (χ1v) is 6.26. The molecular formula is C13H20FNO4. The molecule has 1 amide bonds. The molecule has 5 nitrogen and oxygen atoms in total. The molecule has 1 rings (SSSR count). The maximum absolute atomic E-state index is 12.9. The van der Waals surface area contributed by atoms with E-state index in [1.54, 1.807) is 20.8 Å². The first kappa shape index (κ1) is 15.5. The molecule has 0 radical (unpaired) electrons. The highest BCUT2D eigenvalue weighted by Gasteiger charge is 2.32. The van der Waals surface area contributed by atoms with Crippen LogP contribution in [0.3, 0.4) is 0 Å². The number of alkyl carbamates (subject to hydrolysis) is 1. The maximum atomic E-state index is 12.9. The molecule has 0 aliphatic heterocycles. The number of aliphatic carboxylic acids is 1. The summed E-state index contributed by atoms with van der Waals surface area (Å²) in [6.07, 6.45) is 1.52. The standard InChI is InChI=1S/C13H20FNO4/c1-13(2,3)19-12(18)15-10(11(16)17)8-4-6-9(14)7-5-8/h6,8,10H,4-5,7H2,1-3H3,(H,15,18)(H,16,17)/t8-,10?/m0/s1. The number of carboxylic acids is 1. The number of carbonyl (C=O) groups excluding carboxylic acids is 1. The van der Waals surface area contributed by atoms with E-state index in [2.05, 4.69) is 5.32 Å². The normalized spacial score (nSPS) is 21.3. The third-order valence-electron chi connectivity index (χ3n) is 2.81. The molecule has 2 atom stereocenters. The van der Waals surface area contributed by atoms with Gasteiger partial charge in [0.15, 0.2) is 0 Å². The summed E-state index contributed by atoms with van der Waals surface area (Å²) >= 11 is 0. The van der Waals surface area contributed by atoms with Crippen LogP contribution in [0.1, 0.15) is 40.0 Å². The third-order valence-corrected chi connectivity index (χ3v) is 2.81. The lowest BCUT2D eigenvalue weighted by atomic mass is 9.87. The van der Waals surface area contributed by atoms with Crippen molar-refractivity contribution >= 4 is 12.1 Å². The quantitative estimate of drug-likeness (QED) is 0.828. The fourth-order valence-electron chi connectivity index (χ4n) is 1.94. The summed E-state index contributed by atoms with van der Waals surface area (Å²) in [4.78, 5) is 22.8. The number of carbonyl (C=O) groups is 2. The molecule has 6 heteroatoms. The summed E-state index contributed by atoms with van der Waals surface area (Å²) < 4.78 is 17.9. The van der Waals surface area contributed by atoms with Gasteiger partial charge in [0.2, 0.25) is 0 Å². The molecule has 0 aromatic rings. The number of allylic oxidation sites excluding steroid dienone is 2. The molecule has 1 unspecified atom stereocenters. The van der Waals surface area contributed by atoms with Crippen LogP contribution in [0.15, 0.2) is 11.9 Å². The highest BCUT2D eigenvalue weighted by molar-refractivity contribution is 5.80. The van der Waals surface area contributed by atoms with Crippen molar-refractivity contribution < 1.29 is 23.8 Å². The van der Waals surface area contributed by atoms with Crippen molar-refractivity contribution in [3.05, 3.63) is 11.9 Å². The van der Waals surface area contributed by atoms with Crippen molar-refractivity contribution in [1.29, 1.82) is 0 Å². The molecule has 0 spiro atoms. The fourth-order valence-corrected chi connectivity index (χ4v) is 1.94. The van der Waals surface area contributed by atoms with Crippen LogP contribution in [0.25, 0.3) is 0 Å². The van der Waals surface area contributed by atoms with E-state index >= 15 is 0 Å². The summed E-state index contributed by atoms with van der Waals surface area (Å²) in [6, 6.07) is -1.06. The topological polar surface area (TPSA) is 75.6 Å². The van der Waals surface area contributed by atoms with Crippen molar-refractivity contribution in [3.8, 4) is 0 Å². The average Bonchev–Trinajstić information content (AvgIpc) is 2.24. The summed E-state index contributed by atoms with van der Waals surface area (Å²) in [6.45, 7) is 5.09. The number of ether oxygens (including phenoxy) is 1. The lowest BCUT2D eigenvalue weighted by molar-refractivity contribution is -0.141. The van der Waals surface area contributed by atoms with Crippen LogP contribution in [-0.2, 0) is 9.53 Å². The minimum atomic E-state index is -1.13. The predicted octanol–water partition coefficient (Wildman–Crippen LogP) is 2.62. The van der Waals surface area contributed by atoms with Crippen LogP contribution >= 0.6 is 0 Å². The van der Waals surface area contributed by atoms with Gasteiger partial charge in [0.05, 0.1) is 5.83 Å². The molecule has 0 aromatic carbocycles. The van der Waals surface area contributed by atoms with Crippen molar-refractivity contribution in [3.63, 3.8) is 0 Å². The summed E-state index contributed by atoms with van der Waals surface area (Å²) in [7, 11) is 0. The van der Waals surface area contributed by atoms with Crippen molar-refractivity contribution in [2.24, 2.45) is 5.92 Å². The van der Waals surface area contributed by atoms with Gasteiger partial charge in [-0.15, -0.1) is 0 Å².